The molecule has 0 bridgehead atoms. The van der Waals surface area contributed by atoms with Gasteiger partial charge in [-0.25, -0.2) is 4.98 Å². The Hall–Kier alpha value is -0.990. The van der Waals surface area contributed by atoms with Gasteiger partial charge < -0.3 is 5.32 Å². The first-order valence-corrected chi connectivity index (χ1v) is 6.54. The van der Waals surface area contributed by atoms with Gasteiger partial charge in [0, 0.05) is 11.6 Å². The van der Waals surface area contributed by atoms with Crippen LogP contribution in [-0.2, 0) is 4.79 Å². The van der Waals surface area contributed by atoms with Crippen molar-refractivity contribution in [3.8, 4) is 0 Å². The SMILES string of the molecule is O=C(CSc1nn[c]s1)Nc1nccs1. The van der Waals surface area contributed by atoms with Crippen LogP contribution < -0.4 is 5.32 Å². The highest BCUT2D eigenvalue weighted by Gasteiger charge is 2.06. The van der Waals surface area contributed by atoms with E-state index in [9.17, 15) is 4.79 Å². The molecule has 5 nitrogen and oxygen atoms in total. The molecular formula is C7H5N4OS3. The quantitative estimate of drug-likeness (QED) is 0.841. The molecule has 0 atom stereocenters. The number of nitrogens with zero attached hydrogens (tertiary/aromatic N) is 3. The summed E-state index contributed by atoms with van der Waals surface area (Å²) in [7, 11) is 0. The van der Waals surface area contributed by atoms with Crippen LogP contribution in [0.25, 0.3) is 0 Å². The van der Waals surface area contributed by atoms with Gasteiger partial charge >= 0.3 is 0 Å². The zero-order valence-electron chi connectivity index (χ0n) is 7.34. The second-order valence-corrected chi connectivity index (χ2v) is 5.22. The van der Waals surface area contributed by atoms with Gasteiger partial charge in [0.15, 0.2) is 15.0 Å². The third-order valence-electron chi connectivity index (χ3n) is 1.31. The fourth-order valence-corrected chi connectivity index (χ4v) is 2.50. The maximum absolute atomic E-state index is 11.4. The van der Waals surface area contributed by atoms with E-state index in [1.165, 1.54) is 34.4 Å². The normalized spacial score (nSPS) is 10.1. The summed E-state index contributed by atoms with van der Waals surface area (Å²) in [5, 5.41) is 12.4. The molecule has 0 aliphatic carbocycles. The first-order chi connectivity index (χ1) is 7.34. The number of carbonyl (C=O) groups excluding carboxylic acids is 1. The molecule has 0 saturated heterocycles. The van der Waals surface area contributed by atoms with Gasteiger partial charge in [-0.3, -0.25) is 4.79 Å². The number of aromatic nitrogens is 3. The average Bonchev–Trinajstić information content (AvgIpc) is 2.86. The lowest BCUT2D eigenvalue weighted by molar-refractivity contribution is -0.113. The van der Waals surface area contributed by atoms with Crippen LogP contribution in [0.2, 0.25) is 0 Å². The number of anilines is 1. The van der Waals surface area contributed by atoms with Gasteiger partial charge in [-0.15, -0.1) is 21.5 Å². The highest BCUT2D eigenvalue weighted by atomic mass is 32.2. The number of amides is 1. The maximum Gasteiger partial charge on any atom is 0.236 e. The molecule has 0 aromatic carbocycles. The largest absolute Gasteiger partial charge is 0.301 e. The smallest absolute Gasteiger partial charge is 0.236 e. The number of hydrogen-bond donors (Lipinski definition) is 1. The van der Waals surface area contributed by atoms with E-state index in [1.807, 2.05) is 5.38 Å². The molecule has 0 aliphatic rings. The zero-order valence-corrected chi connectivity index (χ0v) is 9.79. The summed E-state index contributed by atoms with van der Waals surface area (Å²) >= 11 is 4.02. The molecule has 2 aromatic heterocycles. The molecule has 2 heterocycles. The Kier molecular flexibility index (Phi) is 3.64. The van der Waals surface area contributed by atoms with Crippen LogP contribution in [0.4, 0.5) is 5.13 Å². The molecule has 0 aliphatic heterocycles. The predicted octanol–water partition coefficient (Wildman–Crippen LogP) is 1.53. The van der Waals surface area contributed by atoms with E-state index in [0.717, 1.165) is 4.34 Å². The molecule has 77 valence electrons. The minimum Gasteiger partial charge on any atom is -0.301 e. The van der Waals surface area contributed by atoms with Crippen molar-refractivity contribution in [1.82, 2.24) is 15.2 Å². The second kappa shape index (κ2) is 5.19. The number of carbonyl (C=O) groups is 1. The molecule has 1 amide bonds. The van der Waals surface area contributed by atoms with Crippen molar-refractivity contribution in [2.45, 2.75) is 4.34 Å². The Morgan fingerprint density at radius 3 is 3.27 bits per heavy atom. The van der Waals surface area contributed by atoms with Crippen molar-refractivity contribution in [1.29, 1.82) is 0 Å². The molecule has 15 heavy (non-hydrogen) atoms. The second-order valence-electron chi connectivity index (χ2n) is 2.33. The van der Waals surface area contributed by atoms with Crippen molar-refractivity contribution in [3.63, 3.8) is 0 Å². The fourth-order valence-electron chi connectivity index (χ4n) is 0.767. The summed E-state index contributed by atoms with van der Waals surface area (Å²) < 4.78 is 0.740. The highest BCUT2D eigenvalue weighted by Crippen LogP contribution is 2.19. The van der Waals surface area contributed by atoms with Crippen LogP contribution >= 0.6 is 34.4 Å². The first kappa shape index (κ1) is 10.5. The summed E-state index contributed by atoms with van der Waals surface area (Å²) in [6.07, 6.45) is 1.65. The van der Waals surface area contributed by atoms with E-state index in [1.54, 1.807) is 6.20 Å². The maximum atomic E-state index is 11.4. The Labute approximate surface area is 98.0 Å². The summed E-state index contributed by atoms with van der Waals surface area (Å²) in [5.41, 5.74) is 2.62. The Bertz CT molecular complexity index is 413. The van der Waals surface area contributed by atoms with Crippen LogP contribution in [-0.4, -0.2) is 26.8 Å². The van der Waals surface area contributed by atoms with Crippen LogP contribution in [0.5, 0.6) is 0 Å². The van der Waals surface area contributed by atoms with Crippen LogP contribution in [0.1, 0.15) is 0 Å². The molecule has 1 N–H and O–H groups in total. The molecule has 0 fully saturated rings. The minimum atomic E-state index is -0.0925. The van der Waals surface area contributed by atoms with E-state index in [4.69, 9.17) is 0 Å². The summed E-state index contributed by atoms with van der Waals surface area (Å²) in [6.45, 7) is 0. The van der Waals surface area contributed by atoms with Crippen LogP contribution in [0, 0.1) is 5.51 Å². The van der Waals surface area contributed by atoms with Crippen molar-refractivity contribution in [2.24, 2.45) is 0 Å². The van der Waals surface area contributed by atoms with Crippen molar-refractivity contribution in [2.75, 3.05) is 11.1 Å². The summed E-state index contributed by atoms with van der Waals surface area (Å²) in [6, 6.07) is 0. The topological polar surface area (TPSA) is 67.8 Å². The van der Waals surface area contributed by atoms with Crippen molar-refractivity contribution in [3.05, 3.63) is 17.1 Å². The van der Waals surface area contributed by atoms with Crippen molar-refractivity contribution < 1.29 is 4.79 Å². The zero-order chi connectivity index (χ0) is 10.5. The Morgan fingerprint density at radius 1 is 1.67 bits per heavy atom. The van der Waals surface area contributed by atoms with Crippen LogP contribution in [0.3, 0.4) is 0 Å². The van der Waals surface area contributed by atoms with E-state index in [0.29, 0.717) is 10.9 Å². The molecule has 0 saturated carbocycles. The highest BCUT2D eigenvalue weighted by molar-refractivity contribution is 8.01. The Balaban J connectivity index is 1.78. The van der Waals surface area contributed by atoms with Gasteiger partial charge in [0.05, 0.1) is 5.75 Å². The third-order valence-corrected chi connectivity index (χ3v) is 3.77. The summed E-state index contributed by atoms with van der Waals surface area (Å²) in [4.78, 5) is 15.3. The molecule has 0 unspecified atom stereocenters. The van der Waals surface area contributed by atoms with Crippen molar-refractivity contribution >= 4 is 45.5 Å². The average molecular weight is 257 g/mol. The summed E-state index contributed by atoms with van der Waals surface area (Å²) in [5.74, 6) is 0.216. The van der Waals surface area contributed by atoms with E-state index >= 15 is 0 Å². The van der Waals surface area contributed by atoms with E-state index < -0.39 is 0 Å². The minimum absolute atomic E-state index is 0.0925. The molecule has 8 heteroatoms. The van der Waals surface area contributed by atoms with Crippen LogP contribution in [0.15, 0.2) is 15.9 Å². The number of hydrogen-bond acceptors (Lipinski definition) is 7. The number of nitrogens with one attached hydrogen (secondary N) is 1. The molecule has 2 aromatic rings. The van der Waals surface area contributed by atoms with Gasteiger partial charge in [0.25, 0.3) is 0 Å². The van der Waals surface area contributed by atoms with Gasteiger partial charge in [0.1, 0.15) is 0 Å². The molecule has 0 spiro atoms. The molecular weight excluding hydrogens is 252 g/mol. The van der Waals surface area contributed by atoms with E-state index in [-0.39, 0.29) is 5.91 Å². The number of thioether (sulfide) groups is 1. The number of thiazole rings is 1. The Morgan fingerprint density at radius 2 is 2.60 bits per heavy atom. The lowest BCUT2D eigenvalue weighted by atomic mass is 10.7. The standard InChI is InChI=1S/C7H5N4OS3/c12-5(10-6-8-1-2-13-6)3-14-7-11-9-4-15-7/h1-2H,3H2,(H,8,10,12). The van der Waals surface area contributed by atoms with Gasteiger partial charge in [0.2, 0.25) is 5.91 Å². The predicted molar refractivity (Wildman–Crippen MR) is 60.2 cm³/mol. The monoisotopic (exact) mass is 257 g/mol. The lowest BCUT2D eigenvalue weighted by Gasteiger charge is -1.98. The molecule has 2 rings (SSSR count). The first-order valence-electron chi connectivity index (χ1n) is 3.86. The van der Waals surface area contributed by atoms with E-state index in [2.05, 4.69) is 26.0 Å². The third kappa shape index (κ3) is 3.26. The fraction of sp³-hybridized carbons (Fsp3) is 0.143. The van der Waals surface area contributed by atoms with Gasteiger partial charge in [-0.05, 0) is 0 Å². The lowest BCUT2D eigenvalue weighted by Crippen LogP contribution is -2.13. The molecule has 1 radical (unpaired) electrons. The van der Waals surface area contributed by atoms with Gasteiger partial charge in [-0.1, -0.05) is 23.1 Å². The van der Waals surface area contributed by atoms with Gasteiger partial charge in [-0.2, -0.15) is 0 Å². The number of rotatable bonds is 4.